The summed E-state index contributed by atoms with van der Waals surface area (Å²) in [5.41, 5.74) is 2.86. The summed E-state index contributed by atoms with van der Waals surface area (Å²) in [6.07, 6.45) is 7.82. The molecule has 0 saturated carbocycles. The van der Waals surface area contributed by atoms with Crippen molar-refractivity contribution in [2.75, 3.05) is 18.1 Å². The molecule has 0 radical (unpaired) electrons. The van der Waals surface area contributed by atoms with Crippen molar-refractivity contribution in [1.29, 1.82) is 0 Å². The molecular weight excluding hydrogens is 296 g/mol. The molecule has 0 unspecified atom stereocenters. The molecule has 4 nitrogen and oxygen atoms in total. The zero-order valence-corrected chi connectivity index (χ0v) is 12.6. The molecule has 1 aliphatic carbocycles. The van der Waals surface area contributed by atoms with Crippen LogP contribution < -0.4 is 5.32 Å². The van der Waals surface area contributed by atoms with E-state index < -0.39 is 9.84 Å². The second-order valence-corrected chi connectivity index (χ2v) is 6.73. The Bertz CT molecular complexity index is 674. The van der Waals surface area contributed by atoms with Crippen LogP contribution in [0.4, 0.5) is 5.69 Å². The van der Waals surface area contributed by atoms with E-state index in [1.807, 2.05) is 12.2 Å². The van der Waals surface area contributed by atoms with Gasteiger partial charge in [0.05, 0.1) is 10.6 Å². The second kappa shape index (κ2) is 6.24. The number of hydrogen-bond acceptors (Lipinski definition) is 4. The van der Waals surface area contributed by atoms with Gasteiger partial charge in [-0.2, -0.15) is 4.51 Å². The molecule has 6 heteroatoms. The summed E-state index contributed by atoms with van der Waals surface area (Å²) in [7, 11) is -3.14. The number of sulfone groups is 1. The maximum absolute atomic E-state index is 11.3. The number of anilines is 1. The molecule has 0 heterocycles. The van der Waals surface area contributed by atoms with Crippen LogP contribution in [-0.4, -0.2) is 26.9 Å². The van der Waals surface area contributed by atoms with Crippen molar-refractivity contribution in [1.82, 2.24) is 0 Å². The summed E-state index contributed by atoms with van der Waals surface area (Å²) in [6.45, 7) is 0.671. The molecule has 1 aromatic rings. The number of nitrogens with zero attached hydrogens (tertiary/aromatic N) is 1. The summed E-state index contributed by atoms with van der Waals surface area (Å²) in [5.74, 6) is 0. The van der Waals surface area contributed by atoms with Crippen molar-refractivity contribution in [3.63, 3.8) is 0 Å². The lowest BCUT2D eigenvalue weighted by Crippen LogP contribution is -2.07. The van der Waals surface area contributed by atoms with E-state index in [0.29, 0.717) is 11.4 Å². The van der Waals surface area contributed by atoms with Gasteiger partial charge in [-0.1, -0.05) is 12.2 Å². The number of halogens is 1. The van der Waals surface area contributed by atoms with E-state index in [-0.39, 0.29) is 0 Å². The minimum Gasteiger partial charge on any atom is -0.381 e. The van der Waals surface area contributed by atoms with Crippen LogP contribution in [0, 0.1) is 0 Å². The minimum atomic E-state index is -3.14. The van der Waals surface area contributed by atoms with Gasteiger partial charge in [-0.25, -0.2) is 8.42 Å². The maximum Gasteiger partial charge on any atom is 0.175 e. The van der Waals surface area contributed by atoms with Crippen LogP contribution in [0.2, 0.25) is 0 Å². The summed E-state index contributed by atoms with van der Waals surface area (Å²) < 4.78 is 26.3. The van der Waals surface area contributed by atoms with Crippen LogP contribution in [0.5, 0.6) is 0 Å². The SMILES string of the molecule is CS(=O)(=O)c1ccc(NCC2=CCC(=NCl)C=C2)cc1. The first kappa shape index (κ1) is 14.8. The number of hydrogen-bond donors (Lipinski definition) is 1. The Morgan fingerprint density at radius 2 is 1.95 bits per heavy atom. The van der Waals surface area contributed by atoms with Crippen LogP contribution in [0.25, 0.3) is 0 Å². The topological polar surface area (TPSA) is 58.5 Å². The third kappa shape index (κ3) is 3.95. The van der Waals surface area contributed by atoms with Crippen LogP contribution in [0.3, 0.4) is 0 Å². The van der Waals surface area contributed by atoms with Crippen LogP contribution >= 0.6 is 11.8 Å². The summed E-state index contributed by atoms with van der Waals surface area (Å²) in [4.78, 5) is 0.322. The smallest absolute Gasteiger partial charge is 0.175 e. The molecule has 106 valence electrons. The van der Waals surface area contributed by atoms with E-state index in [0.717, 1.165) is 23.4 Å². The average Bonchev–Trinajstić information content (AvgIpc) is 2.45. The molecular formula is C14H15ClN2O2S. The van der Waals surface area contributed by atoms with Crippen LogP contribution in [0.1, 0.15) is 6.42 Å². The van der Waals surface area contributed by atoms with E-state index in [9.17, 15) is 8.42 Å². The predicted molar refractivity (Wildman–Crippen MR) is 83.2 cm³/mol. The first-order valence-corrected chi connectivity index (χ1v) is 8.31. The maximum atomic E-state index is 11.3. The van der Waals surface area contributed by atoms with E-state index in [4.69, 9.17) is 11.8 Å². The Balaban J connectivity index is 1.96. The van der Waals surface area contributed by atoms with Gasteiger partial charge in [0.1, 0.15) is 0 Å². The normalized spacial score (nSPS) is 17.1. The van der Waals surface area contributed by atoms with Crippen molar-refractivity contribution < 1.29 is 8.42 Å². The third-order valence-electron chi connectivity index (χ3n) is 2.95. The Labute approximate surface area is 123 Å². The molecule has 20 heavy (non-hydrogen) atoms. The number of rotatable bonds is 4. The zero-order chi connectivity index (χ0) is 14.6. The van der Waals surface area contributed by atoms with Gasteiger partial charge >= 0.3 is 0 Å². The lowest BCUT2D eigenvalue weighted by Gasteiger charge is -2.10. The van der Waals surface area contributed by atoms with Gasteiger partial charge in [-0.15, -0.1) is 0 Å². The van der Waals surface area contributed by atoms with Crippen molar-refractivity contribution >= 4 is 33.0 Å². The fraction of sp³-hybridized carbons (Fsp3) is 0.214. The zero-order valence-electron chi connectivity index (χ0n) is 11.0. The monoisotopic (exact) mass is 310 g/mol. The molecule has 0 aliphatic heterocycles. The molecule has 0 aromatic heterocycles. The van der Waals surface area contributed by atoms with E-state index >= 15 is 0 Å². The molecule has 1 aromatic carbocycles. The van der Waals surface area contributed by atoms with Gasteiger partial charge in [0.15, 0.2) is 9.84 Å². The van der Waals surface area contributed by atoms with Gasteiger partial charge in [0.2, 0.25) is 0 Å². The summed E-state index contributed by atoms with van der Waals surface area (Å²) in [6, 6.07) is 6.71. The Kier molecular flexibility index (Phi) is 4.62. The lowest BCUT2D eigenvalue weighted by molar-refractivity contribution is 0.602. The Morgan fingerprint density at radius 1 is 1.25 bits per heavy atom. The fourth-order valence-electron chi connectivity index (χ4n) is 1.79. The third-order valence-corrected chi connectivity index (χ3v) is 4.30. The quantitative estimate of drug-likeness (QED) is 0.930. The Hall–Kier alpha value is -1.59. The Morgan fingerprint density at radius 3 is 2.45 bits per heavy atom. The molecule has 2 rings (SSSR count). The van der Waals surface area contributed by atoms with E-state index in [2.05, 4.69) is 15.9 Å². The molecule has 1 aliphatic rings. The molecule has 0 saturated heterocycles. The highest BCUT2D eigenvalue weighted by Gasteiger charge is 2.06. The van der Waals surface area contributed by atoms with Crippen LogP contribution in [-0.2, 0) is 9.84 Å². The predicted octanol–water partition coefficient (Wildman–Crippen LogP) is 2.98. The van der Waals surface area contributed by atoms with Crippen molar-refractivity contribution in [2.45, 2.75) is 11.3 Å². The molecule has 0 spiro atoms. The van der Waals surface area contributed by atoms with Gasteiger partial charge in [0.25, 0.3) is 0 Å². The number of nitrogens with one attached hydrogen (secondary N) is 1. The lowest BCUT2D eigenvalue weighted by atomic mass is 10.1. The highest BCUT2D eigenvalue weighted by atomic mass is 35.5. The van der Waals surface area contributed by atoms with Gasteiger partial charge in [-0.3, -0.25) is 0 Å². The minimum absolute atomic E-state index is 0.322. The molecule has 0 bridgehead atoms. The summed E-state index contributed by atoms with van der Waals surface area (Å²) in [5, 5.41) is 3.24. The largest absolute Gasteiger partial charge is 0.381 e. The highest BCUT2D eigenvalue weighted by Crippen LogP contribution is 2.15. The van der Waals surface area contributed by atoms with E-state index in [1.54, 1.807) is 24.3 Å². The van der Waals surface area contributed by atoms with Gasteiger partial charge < -0.3 is 5.32 Å². The van der Waals surface area contributed by atoms with Crippen molar-refractivity contribution in [3.05, 3.63) is 48.1 Å². The average molecular weight is 311 g/mol. The van der Waals surface area contributed by atoms with Gasteiger partial charge in [-0.05, 0) is 35.9 Å². The number of allylic oxidation sites excluding steroid dienone is 2. The standard InChI is InChI=1S/C14H15ClN2O2S/c1-20(18,19)14-8-6-12(7-9-14)16-10-11-2-4-13(17-15)5-3-11/h2-4,6-9,16H,5,10H2,1H3. The van der Waals surface area contributed by atoms with Crippen molar-refractivity contribution in [2.24, 2.45) is 4.51 Å². The molecule has 0 amide bonds. The summed E-state index contributed by atoms with van der Waals surface area (Å²) >= 11 is 5.40. The van der Waals surface area contributed by atoms with E-state index in [1.165, 1.54) is 6.26 Å². The van der Waals surface area contributed by atoms with Crippen LogP contribution in [0.15, 0.2) is 57.5 Å². The van der Waals surface area contributed by atoms with Gasteiger partial charge in [0, 0.05) is 36.7 Å². The first-order valence-electron chi connectivity index (χ1n) is 6.08. The fourth-order valence-corrected chi connectivity index (χ4v) is 2.55. The second-order valence-electron chi connectivity index (χ2n) is 4.54. The van der Waals surface area contributed by atoms with Crippen molar-refractivity contribution in [3.8, 4) is 0 Å². The molecule has 0 fully saturated rings. The molecule has 0 atom stereocenters. The molecule has 1 N–H and O–H groups in total. The highest BCUT2D eigenvalue weighted by molar-refractivity contribution is 7.90. The first-order chi connectivity index (χ1) is 9.49. The number of benzene rings is 1.